The van der Waals surface area contributed by atoms with Gasteiger partial charge in [-0.05, 0) is 56.6 Å². The molecule has 1 spiro atoms. The molecule has 0 aromatic heterocycles. The molecule has 3 fully saturated rings. The van der Waals surface area contributed by atoms with Crippen LogP contribution in [-0.4, -0.2) is 82.7 Å². The number of rotatable bonds is 13. The van der Waals surface area contributed by atoms with Crippen LogP contribution in [0.3, 0.4) is 0 Å². The van der Waals surface area contributed by atoms with Gasteiger partial charge in [-0.3, -0.25) is 14.4 Å². The minimum absolute atomic E-state index is 0.119. The topological polar surface area (TPSA) is 90.4 Å². The van der Waals surface area contributed by atoms with Crippen molar-refractivity contribution in [1.82, 2.24) is 9.80 Å². The third-order valence-electron chi connectivity index (χ3n) is 9.05. The largest absolute Gasteiger partial charge is 0.394 e. The third kappa shape index (κ3) is 5.25. The molecule has 2 unspecified atom stereocenters. The minimum Gasteiger partial charge on any atom is -0.394 e. The van der Waals surface area contributed by atoms with E-state index in [0.717, 1.165) is 23.2 Å². The lowest BCUT2D eigenvalue weighted by Gasteiger charge is -2.40. The zero-order valence-corrected chi connectivity index (χ0v) is 25.3. The van der Waals surface area contributed by atoms with Crippen LogP contribution in [-0.2, 0) is 19.1 Å². The molecule has 2 bridgehead atoms. The van der Waals surface area contributed by atoms with Crippen molar-refractivity contribution < 1.29 is 24.2 Å². The van der Waals surface area contributed by atoms with Crippen molar-refractivity contribution in [1.29, 1.82) is 0 Å². The molecular formula is C33H47N3O5. The average Bonchev–Trinajstić information content (AvgIpc) is 3.57. The normalized spacial score (nSPS) is 27.2. The summed E-state index contributed by atoms with van der Waals surface area (Å²) in [5, 5.41) is 10.6. The molecule has 1 N–H and O–H groups in total. The molecule has 3 aliphatic heterocycles. The molecule has 3 aliphatic rings. The van der Waals surface area contributed by atoms with E-state index in [2.05, 4.69) is 13.2 Å². The van der Waals surface area contributed by atoms with Gasteiger partial charge in [0.25, 0.3) is 5.91 Å². The number of fused-ring (bicyclic) bond motifs is 1. The van der Waals surface area contributed by atoms with Gasteiger partial charge >= 0.3 is 0 Å². The maximum Gasteiger partial charge on any atom is 0.253 e. The summed E-state index contributed by atoms with van der Waals surface area (Å²) in [4.78, 5) is 48.4. The van der Waals surface area contributed by atoms with Crippen molar-refractivity contribution >= 4 is 23.4 Å². The number of anilines is 1. The summed E-state index contributed by atoms with van der Waals surface area (Å²) in [6.45, 7) is 18.7. The lowest BCUT2D eigenvalue weighted by Crippen LogP contribution is -2.59. The zero-order chi connectivity index (χ0) is 30.1. The fourth-order valence-electron chi connectivity index (χ4n) is 7.59. The fraction of sp³-hybridized carbons (Fsp3) is 0.606. The van der Waals surface area contributed by atoms with Crippen molar-refractivity contribution in [2.45, 2.75) is 84.1 Å². The molecule has 0 saturated carbocycles. The van der Waals surface area contributed by atoms with Gasteiger partial charge in [0.05, 0.1) is 30.6 Å². The molecule has 0 radical (unpaired) electrons. The number of aryl methyl sites for hydroxylation is 2. The van der Waals surface area contributed by atoms with Crippen LogP contribution in [0.1, 0.15) is 57.6 Å². The number of aliphatic hydroxyl groups is 1. The molecule has 4 rings (SSSR count). The summed E-state index contributed by atoms with van der Waals surface area (Å²) in [6, 6.07) is 4.36. The Hall–Kier alpha value is -2.97. The smallest absolute Gasteiger partial charge is 0.253 e. The molecule has 41 heavy (non-hydrogen) atoms. The Balaban J connectivity index is 1.85. The van der Waals surface area contributed by atoms with Crippen molar-refractivity contribution in [2.75, 3.05) is 31.1 Å². The first kappa shape index (κ1) is 31.0. The highest BCUT2D eigenvalue weighted by atomic mass is 16.5. The van der Waals surface area contributed by atoms with Gasteiger partial charge in [-0.15, -0.1) is 13.2 Å². The molecule has 1 aromatic carbocycles. The molecule has 8 nitrogen and oxygen atoms in total. The van der Waals surface area contributed by atoms with E-state index < -0.39 is 35.6 Å². The van der Waals surface area contributed by atoms with Gasteiger partial charge in [0.15, 0.2) is 0 Å². The quantitative estimate of drug-likeness (QED) is 0.365. The van der Waals surface area contributed by atoms with Crippen molar-refractivity contribution in [2.24, 2.45) is 17.8 Å². The Morgan fingerprint density at radius 2 is 1.83 bits per heavy atom. The molecule has 8 heteroatoms. The number of hydrogen-bond acceptors (Lipinski definition) is 5. The van der Waals surface area contributed by atoms with Gasteiger partial charge in [0.2, 0.25) is 11.8 Å². The van der Waals surface area contributed by atoms with Gasteiger partial charge in [0.1, 0.15) is 11.6 Å². The highest BCUT2D eigenvalue weighted by Gasteiger charge is 2.75. The van der Waals surface area contributed by atoms with Gasteiger partial charge in [-0.1, -0.05) is 51.1 Å². The second kappa shape index (κ2) is 12.5. The van der Waals surface area contributed by atoms with Crippen LogP contribution < -0.4 is 4.90 Å². The maximum atomic E-state index is 14.9. The number of nitrogens with zero attached hydrogens (tertiary/aromatic N) is 3. The number of likely N-dealkylation sites (tertiary alicyclic amines) is 1. The van der Waals surface area contributed by atoms with E-state index in [4.69, 9.17) is 4.74 Å². The Bertz CT molecular complexity index is 1160. The molecule has 1 aromatic rings. The molecular weight excluding hydrogens is 518 g/mol. The first-order valence-electron chi connectivity index (χ1n) is 15.1. The zero-order valence-electron chi connectivity index (χ0n) is 25.3. The lowest BCUT2D eigenvalue weighted by atomic mass is 9.70. The van der Waals surface area contributed by atoms with Crippen LogP contribution in [0.5, 0.6) is 0 Å². The highest BCUT2D eigenvalue weighted by Crippen LogP contribution is 2.59. The number of carbonyl (C=O) groups excluding carboxylic acids is 3. The molecule has 3 amide bonds. The van der Waals surface area contributed by atoms with E-state index in [1.165, 1.54) is 0 Å². The number of hydrogen-bond donors (Lipinski definition) is 1. The first-order valence-corrected chi connectivity index (χ1v) is 15.1. The van der Waals surface area contributed by atoms with E-state index in [9.17, 15) is 19.5 Å². The highest BCUT2D eigenvalue weighted by molar-refractivity contribution is 6.05. The predicted molar refractivity (Wildman–Crippen MR) is 160 cm³/mol. The van der Waals surface area contributed by atoms with Gasteiger partial charge in [-0.25, -0.2) is 0 Å². The number of amides is 3. The van der Waals surface area contributed by atoms with E-state index >= 15 is 0 Å². The van der Waals surface area contributed by atoms with Gasteiger partial charge < -0.3 is 24.5 Å². The monoisotopic (exact) mass is 565 g/mol. The van der Waals surface area contributed by atoms with E-state index in [-0.39, 0.29) is 36.8 Å². The number of para-hydroxylation sites is 1. The number of carbonyl (C=O) groups is 3. The standard InChI is InChI=1S/C33H47N3O5/c1-8-16-34(17-9-2)30(38)26-25-14-15-33(41-25)27(26)31(39)36(24(20-37)19-21(4)5)29(33)32(40)35(18-10-3)28-22(6)12-11-13-23(28)7/h8,10-13,21,24-27,29,37H,1,3,9,14-20H2,2,4-7H3/t24-,25+,26-,27+,29?,33?/m1/s1. The average molecular weight is 566 g/mol. The fourth-order valence-corrected chi connectivity index (χ4v) is 7.59. The van der Waals surface area contributed by atoms with Crippen LogP contribution in [0.25, 0.3) is 0 Å². The second-order valence-electron chi connectivity index (χ2n) is 12.3. The summed E-state index contributed by atoms with van der Waals surface area (Å²) in [5.74, 6) is -1.92. The lowest BCUT2D eigenvalue weighted by molar-refractivity contribution is -0.147. The molecule has 0 aliphatic carbocycles. The number of benzene rings is 1. The molecule has 224 valence electrons. The third-order valence-corrected chi connectivity index (χ3v) is 9.05. The molecule has 3 saturated heterocycles. The summed E-state index contributed by atoms with van der Waals surface area (Å²) in [7, 11) is 0. The Morgan fingerprint density at radius 3 is 2.39 bits per heavy atom. The summed E-state index contributed by atoms with van der Waals surface area (Å²) in [5.41, 5.74) is 1.53. The van der Waals surface area contributed by atoms with Crippen molar-refractivity contribution in [3.05, 3.63) is 54.6 Å². The predicted octanol–water partition coefficient (Wildman–Crippen LogP) is 4.03. The van der Waals surface area contributed by atoms with Crippen LogP contribution >= 0.6 is 0 Å². The van der Waals surface area contributed by atoms with E-state index in [0.29, 0.717) is 32.4 Å². The molecule has 3 heterocycles. The summed E-state index contributed by atoms with van der Waals surface area (Å²) in [6.07, 6.45) is 5.38. The number of ether oxygens (including phenoxy) is 1. The van der Waals surface area contributed by atoms with Gasteiger partial charge in [0, 0.05) is 25.3 Å². The van der Waals surface area contributed by atoms with Crippen LogP contribution in [0.15, 0.2) is 43.5 Å². The van der Waals surface area contributed by atoms with Crippen LogP contribution in [0, 0.1) is 31.6 Å². The summed E-state index contributed by atoms with van der Waals surface area (Å²) >= 11 is 0. The Labute approximate surface area is 245 Å². The Morgan fingerprint density at radius 1 is 1.17 bits per heavy atom. The van der Waals surface area contributed by atoms with Crippen LogP contribution in [0.4, 0.5) is 5.69 Å². The van der Waals surface area contributed by atoms with E-state index in [1.807, 2.05) is 52.8 Å². The van der Waals surface area contributed by atoms with Crippen molar-refractivity contribution in [3.8, 4) is 0 Å². The first-order chi connectivity index (χ1) is 19.6. The maximum absolute atomic E-state index is 14.9. The number of aliphatic hydroxyl groups excluding tert-OH is 1. The summed E-state index contributed by atoms with van der Waals surface area (Å²) < 4.78 is 6.69. The molecule has 6 atom stereocenters. The minimum atomic E-state index is -1.13. The van der Waals surface area contributed by atoms with Gasteiger partial charge in [-0.2, -0.15) is 0 Å². The van der Waals surface area contributed by atoms with Crippen molar-refractivity contribution in [3.63, 3.8) is 0 Å². The van der Waals surface area contributed by atoms with E-state index in [1.54, 1.807) is 26.9 Å². The second-order valence-corrected chi connectivity index (χ2v) is 12.3. The Kier molecular flexibility index (Phi) is 9.44. The van der Waals surface area contributed by atoms with Crippen LogP contribution in [0.2, 0.25) is 0 Å². The SMILES string of the molecule is C=CCN(CCC)C(=O)[C@@H]1[C@@H]2CCC3(O2)C(C(=O)N(CC=C)c2c(C)cccc2C)N([C@@H](CO)CC(C)C)C(=O)[C@H]13.